The molecule has 11 heavy (non-hydrogen) atoms. The monoisotopic (exact) mass is 147 g/mol. The molecule has 0 aromatic heterocycles. The van der Waals surface area contributed by atoms with Gasteiger partial charge in [-0.05, 0) is 12.1 Å². The third-order valence-corrected chi connectivity index (χ3v) is 1.69. The summed E-state index contributed by atoms with van der Waals surface area (Å²) < 4.78 is 0. The van der Waals surface area contributed by atoms with Gasteiger partial charge in [-0.3, -0.25) is 0 Å². The van der Waals surface area contributed by atoms with Crippen LogP contribution in [0.4, 0.5) is 5.69 Å². The SMILES string of the molecule is c1ccc(N2CN=NC2)cc1. The van der Waals surface area contributed by atoms with Crippen LogP contribution in [-0.2, 0) is 0 Å². The lowest BCUT2D eigenvalue weighted by atomic mass is 10.3. The molecule has 0 amide bonds. The van der Waals surface area contributed by atoms with Crippen molar-refractivity contribution in [3.8, 4) is 0 Å². The van der Waals surface area contributed by atoms with Crippen LogP contribution in [0.2, 0.25) is 0 Å². The molecule has 0 bridgehead atoms. The van der Waals surface area contributed by atoms with Gasteiger partial charge in [0.1, 0.15) is 13.3 Å². The lowest BCUT2D eigenvalue weighted by Gasteiger charge is -2.13. The highest BCUT2D eigenvalue weighted by molar-refractivity contribution is 5.45. The Hall–Kier alpha value is -1.38. The maximum absolute atomic E-state index is 3.89. The summed E-state index contributed by atoms with van der Waals surface area (Å²) in [6.07, 6.45) is 0. The highest BCUT2D eigenvalue weighted by atomic mass is 15.4. The highest BCUT2D eigenvalue weighted by Crippen LogP contribution is 2.15. The van der Waals surface area contributed by atoms with Gasteiger partial charge in [-0.1, -0.05) is 18.2 Å². The Morgan fingerprint density at radius 1 is 1.00 bits per heavy atom. The minimum absolute atomic E-state index is 0.698. The molecule has 1 aliphatic heterocycles. The smallest absolute Gasteiger partial charge is 0.133 e. The number of para-hydroxylation sites is 1. The fourth-order valence-corrected chi connectivity index (χ4v) is 1.09. The van der Waals surface area contributed by atoms with Crippen molar-refractivity contribution in [2.24, 2.45) is 10.2 Å². The largest absolute Gasteiger partial charge is 0.329 e. The van der Waals surface area contributed by atoms with Crippen LogP contribution >= 0.6 is 0 Å². The summed E-state index contributed by atoms with van der Waals surface area (Å²) in [5.41, 5.74) is 1.19. The van der Waals surface area contributed by atoms with Gasteiger partial charge >= 0.3 is 0 Å². The molecule has 0 radical (unpaired) electrons. The van der Waals surface area contributed by atoms with E-state index in [1.165, 1.54) is 5.69 Å². The van der Waals surface area contributed by atoms with Gasteiger partial charge < -0.3 is 4.90 Å². The highest BCUT2D eigenvalue weighted by Gasteiger charge is 2.07. The zero-order valence-electron chi connectivity index (χ0n) is 6.14. The molecule has 0 atom stereocenters. The predicted molar refractivity (Wildman–Crippen MR) is 43.5 cm³/mol. The fourth-order valence-electron chi connectivity index (χ4n) is 1.09. The van der Waals surface area contributed by atoms with Crippen molar-refractivity contribution in [2.45, 2.75) is 0 Å². The number of hydrogen-bond acceptors (Lipinski definition) is 3. The Morgan fingerprint density at radius 3 is 2.27 bits per heavy atom. The minimum Gasteiger partial charge on any atom is -0.329 e. The van der Waals surface area contributed by atoms with Gasteiger partial charge in [0.25, 0.3) is 0 Å². The number of hydrogen-bond donors (Lipinski definition) is 0. The Morgan fingerprint density at radius 2 is 1.64 bits per heavy atom. The molecule has 56 valence electrons. The molecule has 2 rings (SSSR count). The van der Waals surface area contributed by atoms with Gasteiger partial charge in [0, 0.05) is 5.69 Å². The summed E-state index contributed by atoms with van der Waals surface area (Å²) in [6, 6.07) is 10.2. The number of rotatable bonds is 1. The van der Waals surface area contributed by atoms with E-state index in [1.807, 2.05) is 18.2 Å². The topological polar surface area (TPSA) is 28.0 Å². The molecule has 0 spiro atoms. The molecule has 1 aromatic carbocycles. The summed E-state index contributed by atoms with van der Waals surface area (Å²) in [5.74, 6) is 0. The normalized spacial score (nSPS) is 15.8. The first-order valence-electron chi connectivity index (χ1n) is 3.60. The second-order valence-electron chi connectivity index (χ2n) is 2.44. The first kappa shape index (κ1) is 6.34. The molecule has 1 aliphatic rings. The van der Waals surface area contributed by atoms with E-state index in [-0.39, 0.29) is 0 Å². The van der Waals surface area contributed by atoms with Crippen molar-refractivity contribution in [3.63, 3.8) is 0 Å². The van der Waals surface area contributed by atoms with E-state index < -0.39 is 0 Å². The number of anilines is 1. The zero-order valence-corrected chi connectivity index (χ0v) is 6.14. The van der Waals surface area contributed by atoms with Crippen LogP contribution < -0.4 is 4.90 Å². The zero-order chi connectivity index (χ0) is 7.52. The van der Waals surface area contributed by atoms with Crippen molar-refractivity contribution in [2.75, 3.05) is 18.2 Å². The standard InChI is InChI=1S/C8H9N3/c1-2-4-8(5-3-1)11-6-9-10-7-11/h1-5H,6-7H2. The molecule has 0 unspecified atom stereocenters. The lowest BCUT2D eigenvalue weighted by Crippen LogP contribution is -2.17. The summed E-state index contributed by atoms with van der Waals surface area (Å²) in [6.45, 7) is 1.40. The van der Waals surface area contributed by atoms with Gasteiger partial charge in [-0.25, -0.2) is 0 Å². The third kappa shape index (κ3) is 1.22. The van der Waals surface area contributed by atoms with Crippen LogP contribution in [-0.4, -0.2) is 13.3 Å². The first-order valence-corrected chi connectivity index (χ1v) is 3.60. The molecule has 3 nitrogen and oxygen atoms in total. The summed E-state index contributed by atoms with van der Waals surface area (Å²) in [7, 11) is 0. The van der Waals surface area contributed by atoms with E-state index in [9.17, 15) is 0 Å². The van der Waals surface area contributed by atoms with Gasteiger partial charge in [-0.15, -0.1) is 0 Å². The third-order valence-electron chi connectivity index (χ3n) is 1.69. The molecule has 1 aromatic rings. The van der Waals surface area contributed by atoms with Crippen LogP contribution in [0.1, 0.15) is 0 Å². The average molecular weight is 147 g/mol. The summed E-state index contributed by atoms with van der Waals surface area (Å²) in [5, 5.41) is 7.78. The van der Waals surface area contributed by atoms with Crippen molar-refractivity contribution < 1.29 is 0 Å². The maximum Gasteiger partial charge on any atom is 0.133 e. The quantitative estimate of drug-likeness (QED) is 0.596. The van der Waals surface area contributed by atoms with E-state index in [0.29, 0.717) is 13.3 Å². The van der Waals surface area contributed by atoms with Gasteiger partial charge in [0.2, 0.25) is 0 Å². The fraction of sp³-hybridized carbons (Fsp3) is 0.250. The second-order valence-corrected chi connectivity index (χ2v) is 2.44. The molecule has 1 heterocycles. The molecule has 0 saturated carbocycles. The van der Waals surface area contributed by atoms with Gasteiger partial charge in [0.05, 0.1) is 0 Å². The Labute approximate surface area is 65.4 Å². The van der Waals surface area contributed by atoms with Crippen molar-refractivity contribution >= 4 is 5.69 Å². The van der Waals surface area contributed by atoms with Gasteiger partial charge in [-0.2, -0.15) is 10.2 Å². The van der Waals surface area contributed by atoms with Crippen molar-refractivity contribution in [1.82, 2.24) is 0 Å². The summed E-state index contributed by atoms with van der Waals surface area (Å²) in [4.78, 5) is 2.11. The van der Waals surface area contributed by atoms with Crippen LogP contribution in [0.15, 0.2) is 40.6 Å². The Bertz CT molecular complexity index is 247. The Balaban J connectivity index is 2.17. The average Bonchev–Trinajstić information content (AvgIpc) is 2.58. The molecule has 3 heteroatoms. The van der Waals surface area contributed by atoms with E-state index >= 15 is 0 Å². The second kappa shape index (κ2) is 2.70. The molecule has 0 N–H and O–H groups in total. The van der Waals surface area contributed by atoms with Crippen LogP contribution in [0, 0.1) is 0 Å². The van der Waals surface area contributed by atoms with Crippen molar-refractivity contribution in [3.05, 3.63) is 30.3 Å². The van der Waals surface area contributed by atoms with Crippen LogP contribution in [0.3, 0.4) is 0 Å². The lowest BCUT2D eigenvalue weighted by molar-refractivity contribution is 0.942. The predicted octanol–water partition coefficient (Wildman–Crippen LogP) is 1.87. The maximum atomic E-state index is 3.89. The van der Waals surface area contributed by atoms with Crippen molar-refractivity contribution in [1.29, 1.82) is 0 Å². The van der Waals surface area contributed by atoms with Gasteiger partial charge in [0.15, 0.2) is 0 Å². The molecular formula is C8H9N3. The van der Waals surface area contributed by atoms with Crippen LogP contribution in [0.5, 0.6) is 0 Å². The molecule has 0 aliphatic carbocycles. The number of nitrogens with zero attached hydrogens (tertiary/aromatic N) is 3. The van der Waals surface area contributed by atoms with E-state index in [1.54, 1.807) is 0 Å². The van der Waals surface area contributed by atoms with Crippen LogP contribution in [0.25, 0.3) is 0 Å². The number of azo groups is 1. The first-order chi connectivity index (χ1) is 5.47. The Kier molecular flexibility index (Phi) is 1.55. The minimum atomic E-state index is 0.698. The van der Waals surface area contributed by atoms with E-state index in [2.05, 4.69) is 27.3 Å². The van der Waals surface area contributed by atoms with E-state index in [4.69, 9.17) is 0 Å². The molecule has 0 saturated heterocycles. The van der Waals surface area contributed by atoms with E-state index in [0.717, 1.165) is 0 Å². The molecular weight excluding hydrogens is 138 g/mol. The molecule has 0 fully saturated rings. The number of benzene rings is 1. The summed E-state index contributed by atoms with van der Waals surface area (Å²) >= 11 is 0.